The predicted molar refractivity (Wildman–Crippen MR) is 84.7 cm³/mol. The minimum atomic E-state index is -0.223. The highest BCUT2D eigenvalue weighted by Crippen LogP contribution is 2.23. The number of thioether (sulfide) groups is 1. The summed E-state index contributed by atoms with van der Waals surface area (Å²) in [6, 6.07) is 14.2. The molecule has 0 amide bonds. The van der Waals surface area contributed by atoms with Gasteiger partial charge < -0.3 is 5.73 Å². The van der Waals surface area contributed by atoms with E-state index in [0.717, 1.165) is 29.2 Å². The molecule has 0 aliphatic heterocycles. The molecule has 1 unspecified atom stereocenters. The zero-order chi connectivity index (χ0) is 14.4. The van der Waals surface area contributed by atoms with E-state index in [4.69, 9.17) is 17.3 Å². The van der Waals surface area contributed by atoms with Crippen molar-refractivity contribution >= 4 is 23.4 Å². The molecule has 0 saturated carbocycles. The predicted octanol–water partition coefficient (Wildman–Crippen LogP) is 5.05. The normalized spacial score (nSPS) is 12.3. The fourth-order valence-corrected chi connectivity index (χ4v) is 2.90. The summed E-state index contributed by atoms with van der Waals surface area (Å²) in [5.41, 5.74) is 7.08. The van der Waals surface area contributed by atoms with Crippen LogP contribution < -0.4 is 5.73 Å². The Hall–Kier alpha value is -1.03. The van der Waals surface area contributed by atoms with E-state index >= 15 is 0 Å². The number of nitrogens with two attached hydrogens (primary N) is 1. The average Bonchev–Trinajstić information content (AvgIpc) is 2.46. The zero-order valence-corrected chi connectivity index (χ0v) is 12.6. The third kappa shape index (κ3) is 4.82. The molecule has 0 aromatic heterocycles. The summed E-state index contributed by atoms with van der Waals surface area (Å²) in [7, 11) is 0. The monoisotopic (exact) mass is 309 g/mol. The molecule has 0 radical (unpaired) electrons. The van der Waals surface area contributed by atoms with Gasteiger partial charge in [-0.15, -0.1) is 11.8 Å². The van der Waals surface area contributed by atoms with Crippen LogP contribution >= 0.6 is 23.4 Å². The van der Waals surface area contributed by atoms with Gasteiger partial charge in [-0.2, -0.15) is 0 Å². The number of benzene rings is 2. The third-order valence-electron chi connectivity index (χ3n) is 3.04. The molecular weight excluding hydrogens is 293 g/mol. The summed E-state index contributed by atoms with van der Waals surface area (Å²) in [5, 5.41) is 0.757. The van der Waals surface area contributed by atoms with Gasteiger partial charge in [-0.05, 0) is 60.6 Å². The summed E-state index contributed by atoms with van der Waals surface area (Å²) in [4.78, 5) is 1.21. The molecule has 0 fully saturated rings. The van der Waals surface area contributed by atoms with Gasteiger partial charge >= 0.3 is 0 Å². The first kappa shape index (κ1) is 15.4. The van der Waals surface area contributed by atoms with Gasteiger partial charge in [0, 0.05) is 16.0 Å². The maximum atomic E-state index is 12.8. The number of hydrogen-bond acceptors (Lipinski definition) is 2. The second-order valence-electron chi connectivity index (χ2n) is 4.60. The van der Waals surface area contributed by atoms with Gasteiger partial charge in [0.1, 0.15) is 5.82 Å². The first-order chi connectivity index (χ1) is 9.65. The second kappa shape index (κ2) is 7.67. The summed E-state index contributed by atoms with van der Waals surface area (Å²) < 4.78 is 12.8. The lowest BCUT2D eigenvalue weighted by Gasteiger charge is -2.11. The van der Waals surface area contributed by atoms with Crippen molar-refractivity contribution < 1.29 is 4.39 Å². The molecule has 0 bridgehead atoms. The van der Waals surface area contributed by atoms with Crippen molar-refractivity contribution in [3.63, 3.8) is 0 Å². The van der Waals surface area contributed by atoms with Gasteiger partial charge in [-0.1, -0.05) is 23.7 Å². The quantitative estimate of drug-likeness (QED) is 0.597. The molecule has 2 N–H and O–H groups in total. The van der Waals surface area contributed by atoms with Crippen LogP contribution in [-0.4, -0.2) is 5.75 Å². The molecule has 2 rings (SSSR count). The molecule has 106 valence electrons. The van der Waals surface area contributed by atoms with Crippen molar-refractivity contribution in [3.05, 3.63) is 64.9 Å². The molecule has 1 nitrogen and oxygen atoms in total. The van der Waals surface area contributed by atoms with Crippen molar-refractivity contribution in [2.24, 2.45) is 5.73 Å². The highest BCUT2D eigenvalue weighted by atomic mass is 35.5. The van der Waals surface area contributed by atoms with Crippen LogP contribution in [0.2, 0.25) is 5.02 Å². The topological polar surface area (TPSA) is 26.0 Å². The highest BCUT2D eigenvalue weighted by Gasteiger charge is 2.05. The summed E-state index contributed by atoms with van der Waals surface area (Å²) in [5.74, 6) is 0.788. The maximum Gasteiger partial charge on any atom is 0.123 e. The molecule has 0 saturated heterocycles. The van der Waals surface area contributed by atoms with Crippen molar-refractivity contribution in [2.45, 2.75) is 23.8 Å². The maximum absolute atomic E-state index is 12.8. The smallest absolute Gasteiger partial charge is 0.123 e. The average molecular weight is 310 g/mol. The van der Waals surface area contributed by atoms with Crippen LogP contribution in [0.3, 0.4) is 0 Å². The Bertz CT molecular complexity index is 527. The van der Waals surface area contributed by atoms with Crippen LogP contribution in [0.25, 0.3) is 0 Å². The fourth-order valence-electron chi connectivity index (χ4n) is 1.90. The Labute approximate surface area is 128 Å². The standard InChI is InChI=1S/C16H17ClFNS/c17-13-5-9-15(10-6-13)20-11-1-2-16(19)12-3-7-14(18)8-4-12/h3-10,16H,1-2,11,19H2. The van der Waals surface area contributed by atoms with Gasteiger partial charge in [-0.25, -0.2) is 4.39 Å². The fraction of sp³-hybridized carbons (Fsp3) is 0.250. The van der Waals surface area contributed by atoms with E-state index in [1.54, 1.807) is 23.9 Å². The van der Waals surface area contributed by atoms with Crippen molar-refractivity contribution in [1.29, 1.82) is 0 Å². The molecule has 0 aliphatic rings. The van der Waals surface area contributed by atoms with Gasteiger partial charge in [0.05, 0.1) is 0 Å². The molecule has 0 heterocycles. The van der Waals surface area contributed by atoms with Crippen LogP contribution in [0.15, 0.2) is 53.4 Å². The third-order valence-corrected chi connectivity index (χ3v) is 4.39. The van der Waals surface area contributed by atoms with Crippen LogP contribution in [0.5, 0.6) is 0 Å². The lowest BCUT2D eigenvalue weighted by Crippen LogP contribution is -2.10. The Kier molecular flexibility index (Phi) is 5.89. The molecule has 0 aliphatic carbocycles. The van der Waals surface area contributed by atoms with E-state index in [1.807, 2.05) is 24.3 Å². The number of halogens is 2. The lowest BCUT2D eigenvalue weighted by atomic mass is 10.0. The molecule has 20 heavy (non-hydrogen) atoms. The molecule has 0 spiro atoms. The SMILES string of the molecule is NC(CCCSc1ccc(Cl)cc1)c1ccc(F)cc1. The Balaban J connectivity index is 1.72. The minimum absolute atomic E-state index is 0.0265. The van der Waals surface area contributed by atoms with E-state index in [9.17, 15) is 4.39 Å². The largest absolute Gasteiger partial charge is 0.324 e. The van der Waals surface area contributed by atoms with E-state index in [1.165, 1.54) is 17.0 Å². The summed E-state index contributed by atoms with van der Waals surface area (Å²) in [6.07, 6.45) is 1.91. The van der Waals surface area contributed by atoms with Crippen LogP contribution in [0, 0.1) is 5.82 Å². The summed E-state index contributed by atoms with van der Waals surface area (Å²) >= 11 is 7.64. The van der Waals surface area contributed by atoms with E-state index in [0.29, 0.717) is 0 Å². The number of rotatable bonds is 6. The Morgan fingerprint density at radius 2 is 1.70 bits per heavy atom. The van der Waals surface area contributed by atoms with Crippen molar-refractivity contribution in [1.82, 2.24) is 0 Å². The Morgan fingerprint density at radius 1 is 1.05 bits per heavy atom. The molecule has 2 aromatic carbocycles. The first-order valence-corrected chi connectivity index (χ1v) is 7.91. The lowest BCUT2D eigenvalue weighted by molar-refractivity contribution is 0.617. The van der Waals surface area contributed by atoms with Gasteiger partial charge in [-0.3, -0.25) is 0 Å². The van der Waals surface area contributed by atoms with Gasteiger partial charge in [0.15, 0.2) is 0 Å². The minimum Gasteiger partial charge on any atom is -0.324 e. The van der Waals surface area contributed by atoms with Crippen LogP contribution in [0.1, 0.15) is 24.4 Å². The highest BCUT2D eigenvalue weighted by molar-refractivity contribution is 7.99. The molecule has 1 atom stereocenters. The molecule has 4 heteroatoms. The van der Waals surface area contributed by atoms with Crippen molar-refractivity contribution in [2.75, 3.05) is 5.75 Å². The zero-order valence-electron chi connectivity index (χ0n) is 11.1. The van der Waals surface area contributed by atoms with E-state index in [-0.39, 0.29) is 11.9 Å². The molecular formula is C16H17ClFNS. The van der Waals surface area contributed by atoms with Gasteiger partial charge in [0.2, 0.25) is 0 Å². The van der Waals surface area contributed by atoms with Gasteiger partial charge in [0.25, 0.3) is 0 Å². The Morgan fingerprint density at radius 3 is 2.35 bits per heavy atom. The van der Waals surface area contributed by atoms with E-state index < -0.39 is 0 Å². The summed E-state index contributed by atoms with van der Waals surface area (Å²) in [6.45, 7) is 0. The first-order valence-electron chi connectivity index (χ1n) is 6.54. The number of hydrogen-bond donors (Lipinski definition) is 1. The van der Waals surface area contributed by atoms with E-state index in [2.05, 4.69) is 0 Å². The van der Waals surface area contributed by atoms with Crippen molar-refractivity contribution in [3.8, 4) is 0 Å². The van der Waals surface area contributed by atoms with Crippen LogP contribution in [-0.2, 0) is 0 Å². The second-order valence-corrected chi connectivity index (χ2v) is 6.21. The van der Waals surface area contributed by atoms with Crippen LogP contribution in [0.4, 0.5) is 4.39 Å². The molecule has 2 aromatic rings.